The Morgan fingerprint density at radius 1 is 1.14 bits per heavy atom. The second-order valence-corrected chi connectivity index (χ2v) is 10.5. The number of halogens is 4. The van der Waals surface area contributed by atoms with Crippen LogP contribution in [-0.2, 0) is 11.3 Å². The molecule has 2 aliphatic rings. The average Bonchev–Trinajstić information content (AvgIpc) is 3.38. The van der Waals surface area contributed by atoms with Crippen molar-refractivity contribution in [3.8, 4) is 5.69 Å². The fourth-order valence-electron chi connectivity index (χ4n) is 4.92. The Bertz CT molecular complexity index is 1050. The molecule has 1 aromatic heterocycles. The number of hydrogen-bond donors (Lipinski definition) is 0. The van der Waals surface area contributed by atoms with Crippen molar-refractivity contribution in [2.24, 2.45) is 5.41 Å². The first-order valence-corrected chi connectivity index (χ1v) is 12.4. The van der Waals surface area contributed by atoms with Crippen LogP contribution < -0.4 is 0 Å². The van der Waals surface area contributed by atoms with Crippen LogP contribution in [0.25, 0.3) is 5.69 Å². The number of carbonyl (C=O) groups is 1. The minimum atomic E-state index is -4.55. The van der Waals surface area contributed by atoms with Crippen LogP contribution in [0.15, 0.2) is 30.3 Å². The Morgan fingerprint density at radius 2 is 1.80 bits per heavy atom. The number of likely N-dealkylation sites (tertiary alicyclic amines) is 2. The van der Waals surface area contributed by atoms with Gasteiger partial charge in [-0.3, -0.25) is 4.90 Å². The van der Waals surface area contributed by atoms with Gasteiger partial charge in [-0.15, -0.1) is 0 Å². The summed E-state index contributed by atoms with van der Waals surface area (Å²) in [5, 5.41) is 5.47. The Balaban J connectivity index is 1.40. The second kappa shape index (κ2) is 10.0. The van der Waals surface area contributed by atoms with Gasteiger partial charge >= 0.3 is 12.3 Å². The molecule has 1 amide bonds. The average molecular weight is 513 g/mol. The van der Waals surface area contributed by atoms with Gasteiger partial charge in [0.05, 0.1) is 22.1 Å². The number of rotatable bonds is 5. The van der Waals surface area contributed by atoms with Crippen LogP contribution in [0.2, 0.25) is 5.02 Å². The third kappa shape index (κ3) is 5.77. The van der Waals surface area contributed by atoms with Crippen molar-refractivity contribution in [3.05, 3.63) is 46.7 Å². The monoisotopic (exact) mass is 512 g/mol. The lowest BCUT2D eigenvalue weighted by atomic mass is 9.78. The van der Waals surface area contributed by atoms with Gasteiger partial charge in [0.2, 0.25) is 0 Å². The molecule has 1 spiro atoms. The molecule has 0 aliphatic carbocycles. The summed E-state index contributed by atoms with van der Waals surface area (Å²) in [6, 6.07) is 9.80. The van der Waals surface area contributed by atoms with Crippen LogP contribution in [0.3, 0.4) is 0 Å². The van der Waals surface area contributed by atoms with Gasteiger partial charge < -0.3 is 9.64 Å². The second-order valence-electron chi connectivity index (χ2n) is 10.1. The first-order valence-electron chi connectivity index (χ1n) is 12.1. The van der Waals surface area contributed by atoms with Crippen molar-refractivity contribution in [1.29, 1.82) is 0 Å². The summed E-state index contributed by atoms with van der Waals surface area (Å²) in [7, 11) is 0. The largest absolute Gasteiger partial charge is 0.437 e. The standard InChI is InChI=1S/C25H32ClF3N4O2/c1-17(2)21-14-19(33(30-21)22-7-5-4-6-20(22)26)15-31-11-8-24(16-31)9-12-32(13-10-24)23(34)35-18(3)25(27,28)29/h4-7,14,17-18H,8-13,15-16H2,1-3H3. The SMILES string of the molecule is CC(C)c1cc(CN2CCC3(CCN(C(=O)OC(C)C(F)(F)F)CC3)C2)n(-c2ccccc2Cl)n1. The van der Waals surface area contributed by atoms with Crippen molar-refractivity contribution < 1.29 is 22.7 Å². The maximum atomic E-state index is 12.7. The van der Waals surface area contributed by atoms with Crippen LogP contribution in [0.4, 0.5) is 18.0 Å². The highest BCUT2D eigenvalue weighted by atomic mass is 35.5. The van der Waals surface area contributed by atoms with E-state index in [2.05, 4.69) is 29.6 Å². The van der Waals surface area contributed by atoms with Crippen LogP contribution in [0.1, 0.15) is 57.3 Å². The van der Waals surface area contributed by atoms with Gasteiger partial charge in [0.25, 0.3) is 0 Å². The molecule has 0 bridgehead atoms. The third-order valence-electron chi connectivity index (χ3n) is 7.20. The lowest BCUT2D eigenvalue weighted by Gasteiger charge is -2.39. The first kappa shape index (κ1) is 25.8. The van der Waals surface area contributed by atoms with Crippen molar-refractivity contribution in [2.75, 3.05) is 26.2 Å². The molecule has 0 saturated carbocycles. The zero-order chi connectivity index (χ0) is 25.4. The van der Waals surface area contributed by atoms with Crippen molar-refractivity contribution in [1.82, 2.24) is 19.6 Å². The van der Waals surface area contributed by atoms with E-state index < -0.39 is 18.4 Å². The van der Waals surface area contributed by atoms with Gasteiger partial charge in [-0.05, 0) is 62.3 Å². The van der Waals surface area contributed by atoms with E-state index in [9.17, 15) is 18.0 Å². The maximum Gasteiger partial charge on any atom is 0.425 e. The molecule has 2 aromatic rings. The van der Waals surface area contributed by atoms with Crippen LogP contribution in [0.5, 0.6) is 0 Å². The van der Waals surface area contributed by atoms with E-state index in [-0.39, 0.29) is 11.3 Å². The number of para-hydroxylation sites is 1. The number of alkyl halides is 3. The highest BCUT2D eigenvalue weighted by molar-refractivity contribution is 6.32. The molecule has 0 radical (unpaired) electrons. The van der Waals surface area contributed by atoms with Gasteiger partial charge in [0.15, 0.2) is 6.10 Å². The van der Waals surface area contributed by atoms with Crippen molar-refractivity contribution in [3.63, 3.8) is 0 Å². The molecule has 2 aliphatic heterocycles. The number of aromatic nitrogens is 2. The molecule has 3 heterocycles. The van der Waals surface area contributed by atoms with Gasteiger partial charge in [-0.25, -0.2) is 9.48 Å². The number of amides is 1. The Labute approximate surface area is 209 Å². The van der Waals surface area contributed by atoms with Gasteiger partial charge in [-0.2, -0.15) is 18.3 Å². The Hall–Kier alpha value is -2.26. The summed E-state index contributed by atoms with van der Waals surface area (Å²) < 4.78 is 44.7. The molecular weight excluding hydrogens is 481 g/mol. The molecule has 2 saturated heterocycles. The summed E-state index contributed by atoms with van der Waals surface area (Å²) in [5.41, 5.74) is 2.99. The minimum Gasteiger partial charge on any atom is -0.437 e. The van der Waals surface area contributed by atoms with Gasteiger partial charge in [0.1, 0.15) is 0 Å². The molecular formula is C25H32ClF3N4O2. The number of hydrogen-bond acceptors (Lipinski definition) is 4. The van der Waals surface area contributed by atoms with Crippen molar-refractivity contribution >= 4 is 17.7 Å². The number of carbonyl (C=O) groups excluding carboxylic acids is 1. The molecule has 4 rings (SSSR count). The van der Waals surface area contributed by atoms with Gasteiger partial charge in [0, 0.05) is 26.2 Å². The molecule has 1 atom stereocenters. The molecule has 192 valence electrons. The fraction of sp³-hybridized carbons (Fsp3) is 0.600. The smallest absolute Gasteiger partial charge is 0.425 e. The lowest BCUT2D eigenvalue weighted by Crippen LogP contribution is -2.46. The zero-order valence-corrected chi connectivity index (χ0v) is 21.1. The Kier molecular flexibility index (Phi) is 7.38. The van der Waals surface area contributed by atoms with Crippen LogP contribution >= 0.6 is 11.6 Å². The highest BCUT2D eigenvalue weighted by Crippen LogP contribution is 2.41. The number of benzene rings is 1. The zero-order valence-electron chi connectivity index (χ0n) is 20.3. The van der Waals surface area contributed by atoms with Crippen molar-refractivity contribution in [2.45, 2.75) is 64.8 Å². The molecule has 10 heteroatoms. The Morgan fingerprint density at radius 3 is 2.43 bits per heavy atom. The molecule has 6 nitrogen and oxygen atoms in total. The quantitative estimate of drug-likeness (QED) is 0.491. The van der Waals surface area contributed by atoms with Gasteiger partial charge in [-0.1, -0.05) is 37.6 Å². The summed E-state index contributed by atoms with van der Waals surface area (Å²) in [6.07, 6.45) is -5.05. The fourth-order valence-corrected chi connectivity index (χ4v) is 5.14. The molecule has 1 aromatic carbocycles. The maximum absolute atomic E-state index is 12.7. The highest BCUT2D eigenvalue weighted by Gasteiger charge is 2.44. The van der Waals surface area contributed by atoms with E-state index in [0.29, 0.717) is 18.1 Å². The predicted molar refractivity (Wildman–Crippen MR) is 128 cm³/mol. The molecule has 1 unspecified atom stereocenters. The summed E-state index contributed by atoms with van der Waals surface area (Å²) >= 11 is 6.47. The normalized spacial score (nSPS) is 19.5. The number of nitrogens with zero attached hydrogens (tertiary/aromatic N) is 4. The summed E-state index contributed by atoms with van der Waals surface area (Å²) in [4.78, 5) is 16.0. The van der Waals surface area contributed by atoms with Crippen LogP contribution in [0, 0.1) is 5.41 Å². The lowest BCUT2D eigenvalue weighted by molar-refractivity contribution is -0.200. The summed E-state index contributed by atoms with van der Waals surface area (Å²) in [5.74, 6) is 0.284. The van der Waals surface area contributed by atoms with E-state index >= 15 is 0 Å². The topological polar surface area (TPSA) is 50.6 Å². The molecule has 35 heavy (non-hydrogen) atoms. The first-order chi connectivity index (χ1) is 16.5. The number of piperidine rings is 1. The summed E-state index contributed by atoms with van der Waals surface area (Å²) in [6.45, 7) is 8.42. The van der Waals surface area contributed by atoms with E-state index in [0.717, 1.165) is 62.9 Å². The van der Waals surface area contributed by atoms with Crippen LogP contribution in [-0.4, -0.2) is 64.1 Å². The van der Waals surface area contributed by atoms with E-state index in [1.165, 1.54) is 4.90 Å². The third-order valence-corrected chi connectivity index (χ3v) is 7.52. The van der Waals surface area contributed by atoms with E-state index in [1.807, 2.05) is 28.9 Å². The van der Waals surface area contributed by atoms with E-state index in [1.54, 1.807) is 0 Å². The predicted octanol–water partition coefficient (Wildman–Crippen LogP) is 6.02. The molecule has 2 fully saturated rings. The minimum absolute atomic E-state index is 0.0581. The number of ether oxygens (including phenoxy) is 1. The van der Waals surface area contributed by atoms with E-state index in [4.69, 9.17) is 16.7 Å². The molecule has 0 N–H and O–H groups in total.